The summed E-state index contributed by atoms with van der Waals surface area (Å²) >= 11 is 16.9. The summed E-state index contributed by atoms with van der Waals surface area (Å²) in [6.07, 6.45) is -0.544. The van der Waals surface area contributed by atoms with E-state index in [1.807, 2.05) is 0 Å². The first-order valence-corrected chi connectivity index (χ1v) is 5.95. The smallest absolute Gasteiger partial charge is 0.415 e. The molecule has 3 nitrogen and oxygen atoms in total. The number of nitrogens with zero attached hydrogens (tertiary/aromatic N) is 1. The van der Waals surface area contributed by atoms with Gasteiger partial charge >= 0.3 is 6.09 Å². The van der Waals surface area contributed by atoms with Crippen LogP contribution in [-0.4, -0.2) is 24.6 Å². The molecule has 1 aromatic carbocycles. The molecule has 0 bridgehead atoms. The van der Waals surface area contributed by atoms with Crippen molar-refractivity contribution in [2.75, 3.05) is 23.4 Å². The molecule has 0 unspecified atom stereocenters. The number of carbonyl (C=O) groups is 1. The van der Waals surface area contributed by atoms with Gasteiger partial charge in [0.1, 0.15) is 12.6 Å². The van der Waals surface area contributed by atoms with E-state index in [2.05, 4.69) is 0 Å². The number of hydrogen-bond acceptors (Lipinski definition) is 2. The van der Waals surface area contributed by atoms with Gasteiger partial charge in [-0.25, -0.2) is 4.79 Å². The number of amides is 1. The Kier molecular flexibility index (Phi) is 5.74. The molecule has 0 aliphatic carbocycles. The van der Waals surface area contributed by atoms with Gasteiger partial charge in [0.05, 0.1) is 5.88 Å². The summed E-state index contributed by atoms with van der Waals surface area (Å²) in [5, 5.41) is 0.526. The van der Waals surface area contributed by atoms with Crippen molar-refractivity contribution in [1.29, 1.82) is 0 Å². The molecule has 0 N–H and O–H groups in total. The normalized spacial score (nSPS) is 9.94. The summed E-state index contributed by atoms with van der Waals surface area (Å²) in [4.78, 5) is 12.8. The second kappa shape index (κ2) is 6.84. The highest BCUT2D eigenvalue weighted by Gasteiger charge is 2.15. The Hall–Kier alpha value is -0.640. The van der Waals surface area contributed by atoms with Gasteiger partial charge in [-0.05, 0) is 18.2 Å². The van der Waals surface area contributed by atoms with Crippen LogP contribution in [0.4, 0.5) is 10.5 Å². The quantitative estimate of drug-likeness (QED) is 0.622. The second-order valence-corrected chi connectivity index (χ2v) is 3.88. The average molecular weight is 283 g/mol. The molecule has 0 saturated heterocycles. The SMILES string of the molecule is O=C(OCCCl)N(CCl)c1cccc(Cl)c1. The lowest BCUT2D eigenvalue weighted by molar-refractivity contribution is 0.161. The highest BCUT2D eigenvalue weighted by atomic mass is 35.5. The summed E-state index contributed by atoms with van der Waals surface area (Å²) in [5.74, 6) is 0.247. The lowest BCUT2D eigenvalue weighted by Gasteiger charge is -2.19. The van der Waals surface area contributed by atoms with E-state index < -0.39 is 6.09 Å². The zero-order valence-electron chi connectivity index (χ0n) is 8.33. The summed E-state index contributed by atoms with van der Waals surface area (Å²) in [7, 11) is 0. The Balaban J connectivity index is 2.77. The molecular weight excluding hydrogens is 272 g/mol. The molecule has 0 spiro atoms. The molecule has 1 rings (SSSR count). The minimum Gasteiger partial charge on any atom is -0.448 e. The Labute approximate surface area is 109 Å². The lowest BCUT2D eigenvalue weighted by atomic mass is 10.3. The van der Waals surface area contributed by atoms with Crippen LogP contribution in [0.1, 0.15) is 0 Å². The van der Waals surface area contributed by atoms with Gasteiger partial charge in [0.2, 0.25) is 0 Å². The first kappa shape index (κ1) is 13.4. The fraction of sp³-hybridized carbons (Fsp3) is 0.300. The number of anilines is 1. The van der Waals surface area contributed by atoms with Gasteiger partial charge in [-0.2, -0.15) is 0 Å². The van der Waals surface area contributed by atoms with Gasteiger partial charge in [-0.15, -0.1) is 23.2 Å². The van der Waals surface area contributed by atoms with Gasteiger partial charge in [-0.3, -0.25) is 4.90 Å². The summed E-state index contributed by atoms with van der Waals surface area (Å²) in [5.41, 5.74) is 0.585. The molecule has 88 valence electrons. The number of alkyl halides is 2. The number of ether oxygens (including phenoxy) is 1. The fourth-order valence-electron chi connectivity index (χ4n) is 1.07. The molecule has 0 heterocycles. The third-order valence-electron chi connectivity index (χ3n) is 1.76. The first-order chi connectivity index (χ1) is 7.69. The number of carbonyl (C=O) groups excluding carboxylic acids is 1. The van der Waals surface area contributed by atoms with Crippen molar-refractivity contribution in [3.8, 4) is 0 Å². The largest absolute Gasteiger partial charge is 0.448 e. The van der Waals surface area contributed by atoms with E-state index in [4.69, 9.17) is 39.5 Å². The molecule has 0 atom stereocenters. The molecule has 0 aliphatic rings. The molecule has 0 fully saturated rings. The van der Waals surface area contributed by atoms with E-state index in [0.29, 0.717) is 10.7 Å². The van der Waals surface area contributed by atoms with E-state index in [-0.39, 0.29) is 18.5 Å². The van der Waals surface area contributed by atoms with Crippen LogP contribution in [0.5, 0.6) is 0 Å². The van der Waals surface area contributed by atoms with E-state index in [0.717, 1.165) is 0 Å². The Bertz CT molecular complexity index is 360. The molecular formula is C10H10Cl3NO2. The molecule has 0 saturated carbocycles. The Morgan fingerprint density at radius 3 is 2.69 bits per heavy atom. The van der Waals surface area contributed by atoms with Crippen LogP contribution in [0.3, 0.4) is 0 Å². The van der Waals surface area contributed by atoms with Gasteiger partial charge in [0.25, 0.3) is 0 Å². The van der Waals surface area contributed by atoms with Crippen molar-refractivity contribution >= 4 is 46.6 Å². The minimum atomic E-state index is -0.544. The van der Waals surface area contributed by atoms with Gasteiger partial charge in [0, 0.05) is 10.7 Å². The van der Waals surface area contributed by atoms with Crippen LogP contribution < -0.4 is 4.90 Å². The number of benzene rings is 1. The van der Waals surface area contributed by atoms with Crippen molar-refractivity contribution < 1.29 is 9.53 Å². The maximum Gasteiger partial charge on any atom is 0.415 e. The summed E-state index contributed by atoms with van der Waals surface area (Å²) in [6, 6.07) is 6.77. The molecule has 0 radical (unpaired) electrons. The topological polar surface area (TPSA) is 29.5 Å². The maximum atomic E-state index is 11.6. The standard InChI is InChI=1S/C10H10Cl3NO2/c11-4-5-16-10(15)14(7-12)9-3-1-2-8(13)6-9/h1-3,6H,4-5,7H2. The number of hydrogen-bond donors (Lipinski definition) is 0. The number of rotatable bonds is 4. The molecule has 0 aromatic heterocycles. The van der Waals surface area contributed by atoms with Crippen LogP contribution in [0, 0.1) is 0 Å². The average Bonchev–Trinajstić information content (AvgIpc) is 2.27. The van der Waals surface area contributed by atoms with Crippen molar-refractivity contribution in [3.05, 3.63) is 29.3 Å². The zero-order chi connectivity index (χ0) is 12.0. The summed E-state index contributed by atoms with van der Waals surface area (Å²) in [6.45, 7) is 0.147. The van der Waals surface area contributed by atoms with Crippen molar-refractivity contribution in [2.45, 2.75) is 0 Å². The third-order valence-corrected chi connectivity index (χ3v) is 2.39. The van der Waals surface area contributed by atoms with Crippen molar-refractivity contribution in [1.82, 2.24) is 0 Å². The summed E-state index contributed by atoms with van der Waals surface area (Å²) < 4.78 is 4.87. The Morgan fingerprint density at radius 1 is 1.38 bits per heavy atom. The van der Waals surface area contributed by atoms with Gasteiger partial charge in [0.15, 0.2) is 0 Å². The monoisotopic (exact) mass is 281 g/mol. The van der Waals surface area contributed by atoms with Crippen molar-refractivity contribution in [2.24, 2.45) is 0 Å². The van der Waals surface area contributed by atoms with Crippen molar-refractivity contribution in [3.63, 3.8) is 0 Å². The van der Waals surface area contributed by atoms with Gasteiger partial charge < -0.3 is 4.74 Å². The predicted octanol–water partition coefficient (Wildman–Crippen LogP) is 3.72. The van der Waals surface area contributed by atoms with E-state index in [1.165, 1.54) is 4.90 Å². The second-order valence-electron chi connectivity index (χ2n) is 2.83. The highest BCUT2D eigenvalue weighted by Crippen LogP contribution is 2.20. The predicted molar refractivity (Wildman–Crippen MR) is 66.7 cm³/mol. The van der Waals surface area contributed by atoms with Crippen LogP contribution in [0.2, 0.25) is 5.02 Å². The fourth-order valence-corrected chi connectivity index (χ4v) is 1.57. The lowest BCUT2D eigenvalue weighted by Crippen LogP contribution is -2.30. The van der Waals surface area contributed by atoms with Crippen LogP contribution >= 0.6 is 34.8 Å². The molecule has 1 amide bonds. The van der Waals surface area contributed by atoms with E-state index in [9.17, 15) is 4.79 Å². The molecule has 16 heavy (non-hydrogen) atoms. The van der Waals surface area contributed by atoms with Crippen LogP contribution in [0.15, 0.2) is 24.3 Å². The van der Waals surface area contributed by atoms with E-state index in [1.54, 1.807) is 24.3 Å². The molecule has 0 aliphatic heterocycles. The maximum absolute atomic E-state index is 11.6. The van der Waals surface area contributed by atoms with Crippen LogP contribution in [0.25, 0.3) is 0 Å². The van der Waals surface area contributed by atoms with Crippen LogP contribution in [-0.2, 0) is 4.74 Å². The highest BCUT2D eigenvalue weighted by molar-refractivity contribution is 6.31. The third kappa shape index (κ3) is 3.74. The van der Waals surface area contributed by atoms with E-state index >= 15 is 0 Å². The molecule has 6 heteroatoms. The Morgan fingerprint density at radius 2 is 2.12 bits per heavy atom. The minimum absolute atomic E-state index is 0.0124. The van der Waals surface area contributed by atoms with Gasteiger partial charge in [-0.1, -0.05) is 17.7 Å². The zero-order valence-corrected chi connectivity index (χ0v) is 10.6. The first-order valence-electron chi connectivity index (χ1n) is 4.51. The number of halogens is 3. The molecule has 1 aromatic rings.